The summed E-state index contributed by atoms with van der Waals surface area (Å²) in [5.41, 5.74) is 1.39. The first-order valence-corrected chi connectivity index (χ1v) is 10.6. The predicted octanol–water partition coefficient (Wildman–Crippen LogP) is 4.44. The van der Waals surface area contributed by atoms with Crippen molar-refractivity contribution in [1.29, 1.82) is 0 Å². The standard InChI is InChI=1S/C22H24Cl2F2N2O2/c23-18-7-6-15(10-19(18)24)11-22(30)28(14-21(25)26)20(16-4-2-1-3-5-16)13-27-9-8-17(29)12-27/h1-7,10,17,20-21,29H,8-9,11-14H2. The number of rotatable bonds is 8. The van der Waals surface area contributed by atoms with Gasteiger partial charge >= 0.3 is 0 Å². The van der Waals surface area contributed by atoms with Gasteiger partial charge in [0.15, 0.2) is 0 Å². The molecule has 30 heavy (non-hydrogen) atoms. The smallest absolute Gasteiger partial charge is 0.255 e. The zero-order valence-electron chi connectivity index (χ0n) is 16.4. The summed E-state index contributed by atoms with van der Waals surface area (Å²) >= 11 is 12.0. The van der Waals surface area contributed by atoms with Crippen molar-refractivity contribution in [3.63, 3.8) is 0 Å². The number of alkyl halides is 2. The van der Waals surface area contributed by atoms with Crippen LogP contribution in [-0.4, -0.2) is 59.5 Å². The van der Waals surface area contributed by atoms with Crippen molar-refractivity contribution in [2.45, 2.75) is 31.4 Å². The number of carbonyl (C=O) groups excluding carboxylic acids is 1. The SMILES string of the molecule is O=C(Cc1ccc(Cl)c(Cl)c1)N(CC(F)F)C(CN1CCC(O)C1)c1ccccc1. The maximum atomic E-state index is 13.5. The Morgan fingerprint density at radius 2 is 1.90 bits per heavy atom. The van der Waals surface area contributed by atoms with Crippen LogP contribution in [0.4, 0.5) is 8.78 Å². The molecule has 3 rings (SSSR count). The number of halogens is 4. The van der Waals surface area contributed by atoms with E-state index in [0.29, 0.717) is 41.7 Å². The van der Waals surface area contributed by atoms with E-state index in [1.165, 1.54) is 4.90 Å². The van der Waals surface area contributed by atoms with Crippen LogP contribution in [0.2, 0.25) is 10.0 Å². The third-order valence-corrected chi connectivity index (χ3v) is 5.97. The Morgan fingerprint density at radius 1 is 1.17 bits per heavy atom. The Morgan fingerprint density at radius 3 is 2.50 bits per heavy atom. The lowest BCUT2D eigenvalue weighted by Gasteiger charge is -2.35. The van der Waals surface area contributed by atoms with Gasteiger partial charge in [-0.1, -0.05) is 59.6 Å². The van der Waals surface area contributed by atoms with Gasteiger partial charge in [0, 0.05) is 19.6 Å². The average Bonchev–Trinajstić information content (AvgIpc) is 3.12. The highest BCUT2D eigenvalue weighted by Gasteiger charge is 2.31. The molecule has 4 nitrogen and oxygen atoms in total. The Labute approximate surface area is 185 Å². The fourth-order valence-electron chi connectivity index (χ4n) is 3.76. The van der Waals surface area contributed by atoms with Crippen molar-refractivity contribution >= 4 is 29.1 Å². The third-order valence-electron chi connectivity index (χ3n) is 5.23. The molecule has 0 bridgehead atoms. The van der Waals surface area contributed by atoms with Gasteiger partial charge in [0.05, 0.1) is 35.2 Å². The van der Waals surface area contributed by atoms with E-state index in [-0.39, 0.29) is 6.42 Å². The van der Waals surface area contributed by atoms with Crippen LogP contribution >= 0.6 is 23.2 Å². The Hall–Kier alpha value is -1.73. The van der Waals surface area contributed by atoms with Crippen LogP contribution in [0.15, 0.2) is 48.5 Å². The van der Waals surface area contributed by atoms with Crippen LogP contribution in [-0.2, 0) is 11.2 Å². The number of carbonyl (C=O) groups is 1. The van der Waals surface area contributed by atoms with Crippen molar-refractivity contribution in [1.82, 2.24) is 9.80 Å². The van der Waals surface area contributed by atoms with Gasteiger partial charge in [-0.2, -0.15) is 0 Å². The summed E-state index contributed by atoms with van der Waals surface area (Å²) in [5.74, 6) is -0.415. The van der Waals surface area contributed by atoms with Gasteiger partial charge in [0.2, 0.25) is 5.91 Å². The molecule has 162 valence electrons. The molecule has 8 heteroatoms. The Kier molecular flexibility index (Phi) is 8.06. The van der Waals surface area contributed by atoms with Crippen molar-refractivity contribution in [2.75, 3.05) is 26.2 Å². The van der Waals surface area contributed by atoms with E-state index in [4.69, 9.17) is 23.2 Å². The topological polar surface area (TPSA) is 43.8 Å². The second kappa shape index (κ2) is 10.5. The molecule has 0 aliphatic carbocycles. The van der Waals surface area contributed by atoms with Gasteiger partial charge < -0.3 is 10.0 Å². The Balaban J connectivity index is 1.87. The number of hydrogen-bond acceptors (Lipinski definition) is 3. The van der Waals surface area contributed by atoms with Crippen LogP contribution in [0.3, 0.4) is 0 Å². The average molecular weight is 457 g/mol. The van der Waals surface area contributed by atoms with Crippen LogP contribution < -0.4 is 0 Å². The largest absolute Gasteiger partial charge is 0.392 e. The first-order chi connectivity index (χ1) is 14.3. The number of nitrogens with zero attached hydrogens (tertiary/aromatic N) is 2. The molecule has 1 aliphatic rings. The molecule has 1 fully saturated rings. The van der Waals surface area contributed by atoms with E-state index in [1.807, 2.05) is 35.2 Å². The number of likely N-dealkylation sites (tertiary alicyclic amines) is 1. The summed E-state index contributed by atoms with van der Waals surface area (Å²) in [6, 6.07) is 13.4. The number of aliphatic hydroxyl groups excluding tert-OH is 1. The summed E-state index contributed by atoms with van der Waals surface area (Å²) in [6.07, 6.45) is -2.53. The lowest BCUT2D eigenvalue weighted by atomic mass is 10.0. The van der Waals surface area contributed by atoms with E-state index >= 15 is 0 Å². The Bertz CT molecular complexity index is 854. The molecule has 0 spiro atoms. The predicted molar refractivity (Wildman–Crippen MR) is 114 cm³/mol. The number of amides is 1. The molecule has 2 atom stereocenters. The van der Waals surface area contributed by atoms with Crippen LogP contribution in [0.5, 0.6) is 0 Å². The normalized spacial score (nSPS) is 18.0. The van der Waals surface area contributed by atoms with Gasteiger partial charge in [-0.25, -0.2) is 8.78 Å². The summed E-state index contributed by atoms with van der Waals surface area (Å²) in [7, 11) is 0. The van der Waals surface area contributed by atoms with E-state index in [2.05, 4.69) is 0 Å². The summed E-state index contributed by atoms with van der Waals surface area (Å²) in [4.78, 5) is 16.4. The highest BCUT2D eigenvalue weighted by atomic mass is 35.5. The minimum Gasteiger partial charge on any atom is -0.392 e. The minimum absolute atomic E-state index is 0.0600. The molecule has 0 aromatic heterocycles. The lowest BCUT2D eigenvalue weighted by Crippen LogP contribution is -2.44. The van der Waals surface area contributed by atoms with E-state index < -0.39 is 31.0 Å². The van der Waals surface area contributed by atoms with Crippen LogP contribution in [0.25, 0.3) is 0 Å². The van der Waals surface area contributed by atoms with Crippen molar-refractivity contribution < 1.29 is 18.7 Å². The lowest BCUT2D eigenvalue weighted by molar-refractivity contribution is -0.135. The molecule has 2 aromatic carbocycles. The summed E-state index contributed by atoms with van der Waals surface area (Å²) < 4.78 is 26.9. The molecular formula is C22H24Cl2F2N2O2. The fourth-order valence-corrected chi connectivity index (χ4v) is 4.08. The third kappa shape index (κ3) is 6.14. The van der Waals surface area contributed by atoms with Gasteiger partial charge in [-0.05, 0) is 29.7 Å². The monoisotopic (exact) mass is 456 g/mol. The molecular weight excluding hydrogens is 433 g/mol. The van der Waals surface area contributed by atoms with Crippen molar-refractivity contribution in [3.05, 3.63) is 69.7 Å². The number of aliphatic hydroxyl groups is 1. The first-order valence-electron chi connectivity index (χ1n) is 9.80. The van der Waals surface area contributed by atoms with Crippen LogP contribution in [0, 0.1) is 0 Å². The maximum absolute atomic E-state index is 13.5. The molecule has 2 unspecified atom stereocenters. The van der Waals surface area contributed by atoms with E-state index in [0.717, 1.165) is 5.56 Å². The quantitative estimate of drug-likeness (QED) is 0.638. The second-order valence-corrected chi connectivity index (χ2v) is 8.31. The van der Waals surface area contributed by atoms with Gasteiger partial charge in [0.25, 0.3) is 6.43 Å². The molecule has 1 saturated heterocycles. The van der Waals surface area contributed by atoms with Gasteiger partial charge in [0.1, 0.15) is 0 Å². The van der Waals surface area contributed by atoms with Gasteiger partial charge in [-0.15, -0.1) is 0 Å². The maximum Gasteiger partial charge on any atom is 0.255 e. The molecule has 1 aliphatic heterocycles. The number of benzene rings is 2. The first kappa shape index (κ1) is 22.9. The summed E-state index contributed by atoms with van der Waals surface area (Å²) in [5, 5.41) is 10.5. The van der Waals surface area contributed by atoms with Crippen molar-refractivity contribution in [3.8, 4) is 0 Å². The number of β-amino-alcohol motifs (C(OH)–C–C–N with tert-alkyl or cyclic N) is 1. The second-order valence-electron chi connectivity index (χ2n) is 7.49. The molecule has 1 N–H and O–H groups in total. The minimum atomic E-state index is -2.67. The van der Waals surface area contributed by atoms with Gasteiger partial charge in [-0.3, -0.25) is 9.69 Å². The molecule has 2 aromatic rings. The summed E-state index contributed by atoms with van der Waals surface area (Å²) in [6.45, 7) is 0.831. The zero-order valence-corrected chi connectivity index (χ0v) is 17.9. The van der Waals surface area contributed by atoms with E-state index in [1.54, 1.807) is 18.2 Å². The highest BCUT2D eigenvalue weighted by Crippen LogP contribution is 2.27. The van der Waals surface area contributed by atoms with Crippen molar-refractivity contribution in [2.24, 2.45) is 0 Å². The fraction of sp³-hybridized carbons (Fsp3) is 0.409. The molecule has 1 heterocycles. The molecule has 0 radical (unpaired) electrons. The zero-order chi connectivity index (χ0) is 21.7. The molecule has 1 amide bonds. The highest BCUT2D eigenvalue weighted by molar-refractivity contribution is 6.42. The number of hydrogen-bond donors (Lipinski definition) is 1. The molecule has 0 saturated carbocycles. The van der Waals surface area contributed by atoms with E-state index in [9.17, 15) is 18.7 Å². The van der Waals surface area contributed by atoms with Crippen LogP contribution in [0.1, 0.15) is 23.6 Å².